The smallest absolute Gasteiger partial charge is 0.127 e. The van der Waals surface area contributed by atoms with Crippen LogP contribution in [0.5, 0.6) is 5.75 Å². The van der Waals surface area contributed by atoms with Crippen LogP contribution in [0, 0.1) is 11.3 Å². The van der Waals surface area contributed by atoms with Crippen LogP contribution in [-0.4, -0.2) is 31.6 Å². The van der Waals surface area contributed by atoms with Crippen molar-refractivity contribution in [1.82, 2.24) is 4.90 Å². The van der Waals surface area contributed by atoms with Crippen LogP contribution in [0.4, 0.5) is 0 Å². The minimum absolute atomic E-state index is 0.115. The van der Waals surface area contributed by atoms with Gasteiger partial charge in [0.1, 0.15) is 12.4 Å². The molecular formula is C16H18N2O. The molecule has 2 aromatic rings. The van der Waals surface area contributed by atoms with E-state index in [9.17, 15) is 0 Å². The molecule has 0 N–H and O–H groups in total. The highest BCUT2D eigenvalue weighted by Gasteiger charge is 2.12. The van der Waals surface area contributed by atoms with E-state index in [2.05, 4.69) is 24.3 Å². The maximum absolute atomic E-state index is 8.82. The maximum Gasteiger partial charge on any atom is 0.127 e. The summed E-state index contributed by atoms with van der Waals surface area (Å²) in [5.74, 6) is 0.878. The predicted molar refractivity (Wildman–Crippen MR) is 77.1 cm³/mol. The molecule has 0 aromatic heterocycles. The van der Waals surface area contributed by atoms with Gasteiger partial charge in [0.05, 0.1) is 18.5 Å². The third kappa shape index (κ3) is 3.24. The average Bonchev–Trinajstić information content (AvgIpc) is 2.43. The zero-order valence-corrected chi connectivity index (χ0v) is 11.3. The number of nitriles is 1. The first-order chi connectivity index (χ1) is 9.22. The largest absolute Gasteiger partial charge is 0.491 e. The summed E-state index contributed by atoms with van der Waals surface area (Å²) in [4.78, 5) is 2.02. The molecule has 0 spiro atoms. The number of nitrogens with zero attached hydrogens (tertiary/aromatic N) is 2. The first-order valence-corrected chi connectivity index (χ1v) is 6.36. The zero-order valence-electron chi connectivity index (χ0n) is 11.3. The number of rotatable bonds is 5. The van der Waals surface area contributed by atoms with Gasteiger partial charge >= 0.3 is 0 Å². The van der Waals surface area contributed by atoms with Gasteiger partial charge in [0.2, 0.25) is 0 Å². The average molecular weight is 254 g/mol. The van der Waals surface area contributed by atoms with E-state index in [1.54, 1.807) is 0 Å². The lowest BCUT2D eigenvalue weighted by molar-refractivity contribution is 0.189. The van der Waals surface area contributed by atoms with Gasteiger partial charge in [-0.25, -0.2) is 0 Å². The molecule has 1 atom stereocenters. The molecule has 0 bridgehead atoms. The van der Waals surface area contributed by atoms with Crippen molar-refractivity contribution >= 4 is 10.8 Å². The molecule has 0 fully saturated rings. The minimum atomic E-state index is 0.115. The fourth-order valence-electron chi connectivity index (χ4n) is 2.00. The van der Waals surface area contributed by atoms with E-state index in [0.717, 1.165) is 11.1 Å². The Morgan fingerprint density at radius 1 is 1.16 bits per heavy atom. The Balaban J connectivity index is 2.15. The molecule has 3 nitrogen and oxygen atoms in total. The molecule has 98 valence electrons. The van der Waals surface area contributed by atoms with Crippen molar-refractivity contribution in [3.63, 3.8) is 0 Å². The quantitative estimate of drug-likeness (QED) is 0.822. The molecule has 3 heteroatoms. The summed E-state index contributed by atoms with van der Waals surface area (Å²) in [6.45, 7) is 0.522. The summed E-state index contributed by atoms with van der Waals surface area (Å²) < 4.78 is 5.90. The minimum Gasteiger partial charge on any atom is -0.491 e. The van der Waals surface area contributed by atoms with Crippen LogP contribution in [0.3, 0.4) is 0 Å². The topological polar surface area (TPSA) is 36.3 Å². The van der Waals surface area contributed by atoms with Crippen molar-refractivity contribution in [1.29, 1.82) is 5.26 Å². The van der Waals surface area contributed by atoms with Crippen molar-refractivity contribution in [3.8, 4) is 11.8 Å². The highest BCUT2D eigenvalue weighted by Crippen LogP contribution is 2.25. The number of hydrogen-bond donors (Lipinski definition) is 0. The summed E-state index contributed by atoms with van der Waals surface area (Å²) in [6, 6.07) is 16.5. The van der Waals surface area contributed by atoms with Gasteiger partial charge in [-0.3, -0.25) is 0 Å². The summed E-state index contributed by atoms with van der Waals surface area (Å²) >= 11 is 0. The van der Waals surface area contributed by atoms with Gasteiger partial charge in [-0.15, -0.1) is 0 Å². The van der Waals surface area contributed by atoms with Crippen molar-refractivity contribution in [2.24, 2.45) is 0 Å². The Morgan fingerprint density at radius 3 is 2.63 bits per heavy atom. The SMILES string of the molecule is CN(C)C(CC#N)COc1cccc2ccccc12. The van der Waals surface area contributed by atoms with Gasteiger partial charge in [0, 0.05) is 5.39 Å². The molecule has 1 unspecified atom stereocenters. The van der Waals surface area contributed by atoms with Gasteiger partial charge in [0.15, 0.2) is 0 Å². The second-order valence-electron chi connectivity index (χ2n) is 4.77. The van der Waals surface area contributed by atoms with E-state index < -0.39 is 0 Å². The van der Waals surface area contributed by atoms with Crippen molar-refractivity contribution in [3.05, 3.63) is 42.5 Å². The Hall–Kier alpha value is -2.05. The molecule has 0 aliphatic rings. The molecule has 0 aliphatic heterocycles. The number of likely N-dealkylation sites (N-methyl/N-ethyl adjacent to an activating group) is 1. The Kier molecular flexibility index (Phi) is 4.38. The van der Waals surface area contributed by atoms with E-state index in [1.165, 1.54) is 5.39 Å². The third-order valence-electron chi connectivity index (χ3n) is 3.24. The van der Waals surface area contributed by atoms with E-state index in [1.807, 2.05) is 43.3 Å². The fraction of sp³-hybridized carbons (Fsp3) is 0.312. The normalized spacial score (nSPS) is 12.3. The van der Waals surface area contributed by atoms with Crippen LogP contribution in [0.1, 0.15) is 6.42 Å². The first kappa shape index (κ1) is 13.4. The van der Waals surface area contributed by atoms with Crippen molar-refractivity contribution in [2.75, 3.05) is 20.7 Å². The lowest BCUT2D eigenvalue weighted by Crippen LogP contribution is -2.33. The van der Waals surface area contributed by atoms with E-state index in [0.29, 0.717) is 13.0 Å². The van der Waals surface area contributed by atoms with Crippen LogP contribution < -0.4 is 4.74 Å². The summed E-state index contributed by atoms with van der Waals surface area (Å²) in [5, 5.41) is 11.1. The van der Waals surface area contributed by atoms with Crippen LogP contribution >= 0.6 is 0 Å². The highest BCUT2D eigenvalue weighted by molar-refractivity contribution is 5.88. The number of fused-ring (bicyclic) bond motifs is 1. The number of benzene rings is 2. The molecule has 2 aromatic carbocycles. The van der Waals surface area contributed by atoms with E-state index in [4.69, 9.17) is 10.00 Å². The molecule has 0 saturated carbocycles. The van der Waals surface area contributed by atoms with Crippen LogP contribution in [0.2, 0.25) is 0 Å². The maximum atomic E-state index is 8.82. The molecule has 0 radical (unpaired) electrons. The zero-order chi connectivity index (χ0) is 13.7. The first-order valence-electron chi connectivity index (χ1n) is 6.36. The lowest BCUT2D eigenvalue weighted by Gasteiger charge is -2.22. The molecule has 2 rings (SSSR count). The van der Waals surface area contributed by atoms with Crippen molar-refractivity contribution in [2.45, 2.75) is 12.5 Å². The highest BCUT2D eigenvalue weighted by atomic mass is 16.5. The second-order valence-corrected chi connectivity index (χ2v) is 4.77. The van der Waals surface area contributed by atoms with Gasteiger partial charge in [0.25, 0.3) is 0 Å². The summed E-state index contributed by atoms with van der Waals surface area (Å²) in [6.07, 6.45) is 0.470. The number of hydrogen-bond acceptors (Lipinski definition) is 3. The van der Waals surface area contributed by atoms with Crippen LogP contribution in [0.15, 0.2) is 42.5 Å². The van der Waals surface area contributed by atoms with Gasteiger partial charge in [-0.2, -0.15) is 5.26 Å². The third-order valence-corrected chi connectivity index (χ3v) is 3.24. The number of ether oxygens (including phenoxy) is 1. The molecule has 19 heavy (non-hydrogen) atoms. The Labute approximate surface area is 114 Å². The monoisotopic (exact) mass is 254 g/mol. The summed E-state index contributed by atoms with van der Waals surface area (Å²) in [7, 11) is 3.93. The molecule has 0 saturated heterocycles. The van der Waals surface area contributed by atoms with Crippen LogP contribution in [0.25, 0.3) is 10.8 Å². The predicted octanol–water partition coefficient (Wildman–Crippen LogP) is 3.06. The standard InChI is InChI=1S/C16H18N2O/c1-18(2)14(10-11-17)12-19-16-9-5-7-13-6-3-4-8-15(13)16/h3-9,14H,10,12H2,1-2H3. The van der Waals surface area contributed by atoms with E-state index in [-0.39, 0.29) is 6.04 Å². The van der Waals surface area contributed by atoms with Crippen LogP contribution in [-0.2, 0) is 0 Å². The second kappa shape index (κ2) is 6.21. The van der Waals surface area contributed by atoms with Gasteiger partial charge in [-0.1, -0.05) is 36.4 Å². The molecular weight excluding hydrogens is 236 g/mol. The molecule has 0 heterocycles. The fourth-order valence-corrected chi connectivity index (χ4v) is 2.00. The summed E-state index contributed by atoms with van der Waals surface area (Å²) in [5.41, 5.74) is 0. The van der Waals surface area contributed by atoms with Crippen molar-refractivity contribution < 1.29 is 4.74 Å². The van der Waals surface area contributed by atoms with E-state index >= 15 is 0 Å². The lowest BCUT2D eigenvalue weighted by atomic mass is 10.1. The molecule has 0 amide bonds. The van der Waals surface area contributed by atoms with Gasteiger partial charge in [-0.05, 0) is 25.5 Å². The Bertz CT molecular complexity index is 581. The van der Waals surface area contributed by atoms with Gasteiger partial charge < -0.3 is 9.64 Å². The Morgan fingerprint density at radius 2 is 1.89 bits per heavy atom. The molecule has 0 aliphatic carbocycles.